The number of nitrogens with zero attached hydrogens (tertiary/aromatic N) is 2. The molecule has 1 aromatic carbocycles. The van der Waals surface area contributed by atoms with Crippen molar-refractivity contribution in [2.45, 2.75) is 25.8 Å². The third kappa shape index (κ3) is 3.27. The van der Waals surface area contributed by atoms with E-state index in [-0.39, 0.29) is 12.1 Å². The molecule has 1 aromatic heterocycles. The van der Waals surface area contributed by atoms with Crippen LogP contribution in [0, 0.1) is 0 Å². The number of rotatable bonds is 3. The molecule has 0 radical (unpaired) electrons. The van der Waals surface area contributed by atoms with Gasteiger partial charge in [-0.2, -0.15) is 4.98 Å². The van der Waals surface area contributed by atoms with Gasteiger partial charge in [0.15, 0.2) is 5.58 Å². The molecule has 1 amide bonds. The van der Waals surface area contributed by atoms with Crippen molar-refractivity contribution < 1.29 is 13.9 Å². The molecule has 6 nitrogen and oxygen atoms in total. The standard InChI is InChI=1S/C15H18ClN3O3/c1-2-21-15(20)19-7-5-11(6-8-19)17-14-18-12-9-10(16)3-4-13(12)22-14/h3-4,9,11H,2,5-8H2,1H3,(H,17,18). The summed E-state index contributed by atoms with van der Waals surface area (Å²) in [6.45, 7) is 3.55. The molecule has 0 spiro atoms. The van der Waals surface area contributed by atoms with Crippen LogP contribution in [0.1, 0.15) is 19.8 Å². The molecule has 0 unspecified atom stereocenters. The number of ether oxygens (including phenoxy) is 1. The van der Waals surface area contributed by atoms with Gasteiger partial charge in [0.1, 0.15) is 5.52 Å². The topological polar surface area (TPSA) is 67.6 Å². The van der Waals surface area contributed by atoms with Crippen molar-refractivity contribution in [3.8, 4) is 0 Å². The van der Waals surface area contributed by atoms with E-state index >= 15 is 0 Å². The number of amides is 1. The largest absolute Gasteiger partial charge is 0.450 e. The number of hydrogen-bond donors (Lipinski definition) is 1. The van der Waals surface area contributed by atoms with Crippen LogP contribution in [0.25, 0.3) is 11.1 Å². The van der Waals surface area contributed by atoms with E-state index in [1.54, 1.807) is 23.1 Å². The SMILES string of the molecule is CCOC(=O)N1CCC(Nc2nc3cc(Cl)ccc3o2)CC1. The summed E-state index contributed by atoms with van der Waals surface area (Å²) >= 11 is 5.94. The number of likely N-dealkylation sites (tertiary alicyclic amines) is 1. The number of aromatic nitrogens is 1. The highest BCUT2D eigenvalue weighted by atomic mass is 35.5. The second-order valence-corrected chi connectivity index (χ2v) is 5.67. The van der Waals surface area contributed by atoms with Crippen molar-refractivity contribution >= 4 is 34.8 Å². The number of anilines is 1. The van der Waals surface area contributed by atoms with Crippen molar-refractivity contribution in [1.82, 2.24) is 9.88 Å². The van der Waals surface area contributed by atoms with Crippen molar-refractivity contribution in [1.29, 1.82) is 0 Å². The van der Waals surface area contributed by atoms with Crippen LogP contribution in [0.4, 0.5) is 10.8 Å². The van der Waals surface area contributed by atoms with Gasteiger partial charge in [0, 0.05) is 24.2 Å². The third-order valence-corrected chi connectivity index (χ3v) is 3.93. The number of carbonyl (C=O) groups is 1. The van der Waals surface area contributed by atoms with Crippen molar-refractivity contribution in [2.24, 2.45) is 0 Å². The number of hydrogen-bond acceptors (Lipinski definition) is 5. The van der Waals surface area contributed by atoms with E-state index in [0.29, 0.717) is 36.3 Å². The summed E-state index contributed by atoms with van der Waals surface area (Å²) in [6.07, 6.45) is 1.42. The van der Waals surface area contributed by atoms with E-state index in [2.05, 4.69) is 10.3 Å². The smallest absolute Gasteiger partial charge is 0.409 e. The summed E-state index contributed by atoms with van der Waals surface area (Å²) in [5.41, 5.74) is 1.44. The lowest BCUT2D eigenvalue weighted by Gasteiger charge is -2.31. The zero-order chi connectivity index (χ0) is 15.5. The summed E-state index contributed by atoms with van der Waals surface area (Å²) in [5, 5.41) is 3.92. The average Bonchev–Trinajstić information content (AvgIpc) is 2.89. The Morgan fingerprint density at radius 2 is 2.27 bits per heavy atom. The predicted molar refractivity (Wildman–Crippen MR) is 84.3 cm³/mol. The van der Waals surface area contributed by atoms with Crippen LogP contribution < -0.4 is 5.32 Å². The van der Waals surface area contributed by atoms with Gasteiger partial charge in [0.25, 0.3) is 6.01 Å². The maximum atomic E-state index is 11.7. The molecule has 1 saturated heterocycles. The summed E-state index contributed by atoms with van der Waals surface area (Å²) < 4.78 is 10.7. The second-order valence-electron chi connectivity index (χ2n) is 5.24. The first-order chi connectivity index (χ1) is 10.7. The molecule has 2 aromatic rings. The van der Waals surface area contributed by atoms with Crippen LogP contribution in [0.3, 0.4) is 0 Å². The quantitative estimate of drug-likeness (QED) is 0.936. The molecule has 118 valence electrons. The number of halogens is 1. The monoisotopic (exact) mass is 323 g/mol. The van der Waals surface area contributed by atoms with Gasteiger partial charge in [-0.25, -0.2) is 4.79 Å². The number of nitrogens with one attached hydrogen (secondary N) is 1. The van der Waals surface area contributed by atoms with Crippen LogP contribution >= 0.6 is 11.6 Å². The molecule has 7 heteroatoms. The molecular weight excluding hydrogens is 306 g/mol. The van der Waals surface area contributed by atoms with Crippen LogP contribution in [0.15, 0.2) is 22.6 Å². The molecular formula is C15H18ClN3O3. The maximum absolute atomic E-state index is 11.7. The van der Waals surface area contributed by atoms with Crippen LogP contribution in [-0.4, -0.2) is 41.7 Å². The van der Waals surface area contributed by atoms with Gasteiger partial charge in [-0.05, 0) is 38.0 Å². The van der Waals surface area contributed by atoms with Gasteiger partial charge in [-0.3, -0.25) is 0 Å². The highest BCUT2D eigenvalue weighted by Gasteiger charge is 2.24. The summed E-state index contributed by atoms with van der Waals surface area (Å²) in [6, 6.07) is 6.08. The molecule has 0 atom stereocenters. The molecule has 1 fully saturated rings. The Morgan fingerprint density at radius 3 is 3.00 bits per heavy atom. The van der Waals surface area contributed by atoms with E-state index in [4.69, 9.17) is 20.8 Å². The first-order valence-electron chi connectivity index (χ1n) is 7.40. The molecule has 22 heavy (non-hydrogen) atoms. The van der Waals surface area contributed by atoms with Gasteiger partial charge in [0.2, 0.25) is 0 Å². The van der Waals surface area contributed by atoms with Gasteiger partial charge >= 0.3 is 6.09 Å². The van der Waals surface area contributed by atoms with E-state index in [1.165, 1.54) is 0 Å². The van der Waals surface area contributed by atoms with Crippen molar-refractivity contribution in [3.05, 3.63) is 23.2 Å². The maximum Gasteiger partial charge on any atom is 0.409 e. The van der Waals surface area contributed by atoms with Gasteiger partial charge in [-0.15, -0.1) is 0 Å². The minimum absolute atomic E-state index is 0.231. The molecule has 3 rings (SSSR count). The van der Waals surface area contributed by atoms with E-state index in [1.807, 2.05) is 6.92 Å². The highest BCUT2D eigenvalue weighted by Crippen LogP contribution is 2.24. The fourth-order valence-electron chi connectivity index (χ4n) is 2.56. The Bertz CT molecular complexity index is 665. The van der Waals surface area contributed by atoms with Crippen molar-refractivity contribution in [2.75, 3.05) is 25.0 Å². The molecule has 0 aliphatic carbocycles. The van der Waals surface area contributed by atoms with Crippen LogP contribution in [0.5, 0.6) is 0 Å². The number of oxazole rings is 1. The lowest BCUT2D eigenvalue weighted by atomic mass is 10.1. The predicted octanol–water partition coefficient (Wildman–Crippen LogP) is 3.51. The first-order valence-corrected chi connectivity index (χ1v) is 7.78. The number of carbonyl (C=O) groups excluding carboxylic acids is 1. The third-order valence-electron chi connectivity index (χ3n) is 3.70. The van der Waals surface area contributed by atoms with E-state index < -0.39 is 0 Å². The Labute approximate surface area is 133 Å². The lowest BCUT2D eigenvalue weighted by molar-refractivity contribution is 0.0982. The number of piperidine rings is 1. The van der Waals surface area contributed by atoms with Gasteiger partial charge in [-0.1, -0.05) is 11.6 Å². The molecule has 1 aliphatic rings. The minimum atomic E-state index is -0.238. The highest BCUT2D eigenvalue weighted by molar-refractivity contribution is 6.31. The van der Waals surface area contributed by atoms with E-state index in [9.17, 15) is 4.79 Å². The molecule has 2 heterocycles. The minimum Gasteiger partial charge on any atom is -0.450 e. The Balaban J connectivity index is 1.58. The normalized spacial score (nSPS) is 16.0. The summed E-state index contributed by atoms with van der Waals surface area (Å²) in [4.78, 5) is 17.8. The fraction of sp³-hybridized carbons (Fsp3) is 0.467. The summed E-state index contributed by atoms with van der Waals surface area (Å²) in [7, 11) is 0. The molecule has 0 saturated carbocycles. The summed E-state index contributed by atoms with van der Waals surface area (Å²) in [5.74, 6) is 0. The molecule has 0 bridgehead atoms. The Morgan fingerprint density at radius 1 is 1.50 bits per heavy atom. The Kier molecular flexibility index (Phi) is 4.38. The van der Waals surface area contributed by atoms with Crippen molar-refractivity contribution in [3.63, 3.8) is 0 Å². The molecule has 1 aliphatic heterocycles. The lowest BCUT2D eigenvalue weighted by Crippen LogP contribution is -2.42. The Hall–Kier alpha value is -1.95. The van der Waals surface area contributed by atoms with Crippen LogP contribution in [-0.2, 0) is 4.74 Å². The average molecular weight is 324 g/mol. The molecule has 1 N–H and O–H groups in total. The van der Waals surface area contributed by atoms with Crippen LogP contribution in [0.2, 0.25) is 5.02 Å². The fourth-order valence-corrected chi connectivity index (χ4v) is 2.72. The van der Waals surface area contributed by atoms with Gasteiger partial charge in [0.05, 0.1) is 6.61 Å². The second kappa shape index (κ2) is 6.44. The number of fused-ring (bicyclic) bond motifs is 1. The first kappa shape index (κ1) is 15.0. The van der Waals surface area contributed by atoms with E-state index in [0.717, 1.165) is 18.4 Å². The number of benzene rings is 1. The zero-order valence-corrected chi connectivity index (χ0v) is 13.1. The van der Waals surface area contributed by atoms with Gasteiger partial charge < -0.3 is 19.4 Å². The zero-order valence-electron chi connectivity index (χ0n) is 12.3.